The van der Waals surface area contributed by atoms with Gasteiger partial charge in [0.15, 0.2) is 0 Å². The highest BCUT2D eigenvalue weighted by atomic mass is 32.1. The van der Waals surface area contributed by atoms with Gasteiger partial charge in [-0.3, -0.25) is 4.99 Å². The Kier molecular flexibility index (Phi) is 6.47. The van der Waals surface area contributed by atoms with Crippen LogP contribution in [0, 0.1) is 5.92 Å². The molecule has 0 atom stereocenters. The SMILES string of the molecule is C=C(C(C)C)N1C=C(c2csc3ccccc23)NC(=NCCc2ccc(O)cc2)/C1=C/C. The van der Waals surface area contributed by atoms with Crippen LogP contribution in [0.4, 0.5) is 0 Å². The van der Waals surface area contributed by atoms with Gasteiger partial charge in [-0.25, -0.2) is 0 Å². The minimum absolute atomic E-state index is 0.283. The van der Waals surface area contributed by atoms with E-state index in [4.69, 9.17) is 4.99 Å². The molecule has 0 radical (unpaired) electrons. The Morgan fingerprint density at radius 1 is 1.19 bits per heavy atom. The Balaban J connectivity index is 1.69. The molecular formula is C27H29N3OS. The topological polar surface area (TPSA) is 47.9 Å². The zero-order valence-electron chi connectivity index (χ0n) is 18.8. The smallest absolute Gasteiger partial charge is 0.149 e. The average molecular weight is 444 g/mol. The van der Waals surface area contributed by atoms with Crippen LogP contribution in [0.3, 0.4) is 0 Å². The molecule has 4 nitrogen and oxygen atoms in total. The Hall–Kier alpha value is -3.31. The molecule has 0 fully saturated rings. The van der Waals surface area contributed by atoms with E-state index in [0.29, 0.717) is 12.5 Å². The molecule has 1 aliphatic rings. The monoisotopic (exact) mass is 443 g/mol. The minimum Gasteiger partial charge on any atom is -0.508 e. The Bertz CT molecular complexity index is 1220. The van der Waals surface area contributed by atoms with Gasteiger partial charge in [0.2, 0.25) is 0 Å². The van der Waals surface area contributed by atoms with E-state index in [1.54, 1.807) is 23.5 Å². The number of aromatic hydroxyl groups is 1. The second-order valence-corrected chi connectivity index (χ2v) is 9.06. The van der Waals surface area contributed by atoms with Gasteiger partial charge in [-0.15, -0.1) is 11.3 Å². The van der Waals surface area contributed by atoms with Crippen LogP contribution >= 0.6 is 11.3 Å². The highest BCUT2D eigenvalue weighted by molar-refractivity contribution is 7.17. The summed E-state index contributed by atoms with van der Waals surface area (Å²) in [4.78, 5) is 7.11. The third kappa shape index (κ3) is 4.48. The molecule has 0 saturated heterocycles. The van der Waals surface area contributed by atoms with Crippen LogP contribution in [0.2, 0.25) is 0 Å². The van der Waals surface area contributed by atoms with Gasteiger partial charge >= 0.3 is 0 Å². The van der Waals surface area contributed by atoms with E-state index in [1.807, 2.05) is 19.1 Å². The van der Waals surface area contributed by atoms with Crippen molar-refractivity contribution in [2.24, 2.45) is 10.9 Å². The summed E-state index contributed by atoms with van der Waals surface area (Å²) in [5.41, 5.74) is 5.39. The Morgan fingerprint density at radius 2 is 1.94 bits per heavy atom. The molecule has 0 spiro atoms. The zero-order valence-corrected chi connectivity index (χ0v) is 19.6. The fourth-order valence-corrected chi connectivity index (χ4v) is 4.69. The molecule has 2 aromatic carbocycles. The maximum absolute atomic E-state index is 9.51. The number of phenols is 1. The van der Waals surface area contributed by atoms with Crippen molar-refractivity contribution >= 4 is 33.0 Å². The molecule has 4 rings (SSSR count). The first-order valence-corrected chi connectivity index (χ1v) is 11.8. The first-order valence-electron chi connectivity index (χ1n) is 10.9. The first kappa shape index (κ1) is 21.9. The van der Waals surface area contributed by atoms with Crippen LogP contribution in [0.5, 0.6) is 5.75 Å². The number of rotatable bonds is 6. The number of nitrogens with one attached hydrogen (secondary N) is 1. The second-order valence-electron chi connectivity index (χ2n) is 8.15. The number of nitrogens with zero attached hydrogens (tertiary/aromatic N) is 2. The summed E-state index contributed by atoms with van der Waals surface area (Å²) < 4.78 is 1.27. The van der Waals surface area contributed by atoms with Crippen LogP contribution in [-0.4, -0.2) is 22.4 Å². The lowest BCUT2D eigenvalue weighted by atomic mass is 10.1. The molecule has 32 heavy (non-hydrogen) atoms. The van der Waals surface area contributed by atoms with Gasteiger partial charge in [0.05, 0.1) is 11.4 Å². The minimum atomic E-state index is 0.283. The van der Waals surface area contributed by atoms with Crippen molar-refractivity contribution in [3.05, 3.63) is 95.3 Å². The average Bonchev–Trinajstić information content (AvgIpc) is 3.23. The largest absolute Gasteiger partial charge is 0.508 e. The molecule has 1 aliphatic heterocycles. The summed E-state index contributed by atoms with van der Waals surface area (Å²) in [5.74, 6) is 1.43. The Morgan fingerprint density at radius 3 is 2.66 bits per heavy atom. The van der Waals surface area contributed by atoms with Crippen LogP contribution < -0.4 is 5.32 Å². The van der Waals surface area contributed by atoms with E-state index < -0.39 is 0 Å². The van der Waals surface area contributed by atoms with E-state index in [2.05, 4.69) is 72.6 Å². The second kappa shape index (κ2) is 9.45. The van der Waals surface area contributed by atoms with E-state index in [0.717, 1.165) is 34.9 Å². The van der Waals surface area contributed by atoms with Crippen molar-refractivity contribution in [1.82, 2.24) is 10.2 Å². The normalized spacial score (nSPS) is 16.6. The summed E-state index contributed by atoms with van der Waals surface area (Å²) in [7, 11) is 0. The third-order valence-corrected chi connectivity index (χ3v) is 6.60. The quantitative estimate of drug-likeness (QED) is 0.456. The zero-order chi connectivity index (χ0) is 22.7. The van der Waals surface area contributed by atoms with E-state index >= 15 is 0 Å². The lowest BCUT2D eigenvalue weighted by Crippen LogP contribution is -2.38. The fraction of sp³-hybridized carbons (Fsp3) is 0.222. The number of thiophene rings is 1. The third-order valence-electron chi connectivity index (χ3n) is 5.64. The summed E-state index contributed by atoms with van der Waals surface area (Å²) >= 11 is 1.75. The molecule has 5 heteroatoms. The van der Waals surface area contributed by atoms with Gasteiger partial charge in [0.25, 0.3) is 0 Å². The van der Waals surface area contributed by atoms with Gasteiger partial charge in [-0.2, -0.15) is 0 Å². The highest BCUT2D eigenvalue weighted by Crippen LogP contribution is 2.34. The lowest BCUT2D eigenvalue weighted by Gasteiger charge is -2.34. The highest BCUT2D eigenvalue weighted by Gasteiger charge is 2.25. The fourth-order valence-electron chi connectivity index (χ4n) is 3.73. The first-order chi connectivity index (χ1) is 15.5. The summed E-state index contributed by atoms with van der Waals surface area (Å²) in [6, 6.07) is 15.8. The predicted octanol–water partition coefficient (Wildman–Crippen LogP) is 6.53. The van der Waals surface area contributed by atoms with E-state index in [1.165, 1.54) is 15.6 Å². The van der Waals surface area contributed by atoms with E-state index in [9.17, 15) is 5.11 Å². The molecule has 0 bridgehead atoms. The van der Waals surface area contributed by atoms with Crippen LogP contribution in [0.1, 0.15) is 31.9 Å². The molecular weight excluding hydrogens is 414 g/mol. The van der Waals surface area contributed by atoms with Gasteiger partial charge < -0.3 is 15.3 Å². The standard InChI is InChI=1S/C27H29N3OS/c1-5-25-27(28-15-14-20-10-12-21(31)13-11-20)29-24(16-30(25)19(4)18(2)3)23-17-32-26-9-7-6-8-22(23)26/h5-13,16-18,31H,4,14-15H2,1-3H3,(H,28,29)/b25-5-. The number of benzene rings is 2. The van der Waals surface area contributed by atoms with Gasteiger partial charge in [0.1, 0.15) is 11.6 Å². The molecule has 2 heterocycles. The van der Waals surface area contributed by atoms with Gasteiger partial charge in [-0.05, 0) is 43.0 Å². The van der Waals surface area contributed by atoms with Crippen molar-refractivity contribution < 1.29 is 5.11 Å². The Labute approximate surface area is 193 Å². The van der Waals surface area contributed by atoms with Crippen molar-refractivity contribution in [3.8, 4) is 5.75 Å². The lowest BCUT2D eigenvalue weighted by molar-refractivity contribution is 0.475. The summed E-state index contributed by atoms with van der Waals surface area (Å²) in [6.45, 7) is 11.4. The summed E-state index contributed by atoms with van der Waals surface area (Å²) in [5, 5.41) is 16.5. The van der Waals surface area contributed by atoms with Crippen molar-refractivity contribution in [2.45, 2.75) is 27.2 Å². The van der Waals surface area contributed by atoms with Gasteiger partial charge in [-0.1, -0.05) is 56.8 Å². The van der Waals surface area contributed by atoms with Crippen molar-refractivity contribution in [3.63, 3.8) is 0 Å². The number of fused-ring (bicyclic) bond motifs is 1. The number of hydrogen-bond donors (Lipinski definition) is 2. The molecule has 1 aromatic heterocycles. The summed E-state index contributed by atoms with van der Waals surface area (Å²) in [6.07, 6.45) is 5.03. The maximum Gasteiger partial charge on any atom is 0.149 e. The molecule has 2 N–H and O–H groups in total. The van der Waals surface area contributed by atoms with Crippen LogP contribution in [-0.2, 0) is 6.42 Å². The van der Waals surface area contributed by atoms with Gasteiger partial charge in [0, 0.05) is 39.5 Å². The molecule has 164 valence electrons. The predicted molar refractivity (Wildman–Crippen MR) is 137 cm³/mol. The number of amidine groups is 1. The molecule has 0 aliphatic carbocycles. The van der Waals surface area contributed by atoms with Crippen LogP contribution in [0.25, 0.3) is 15.8 Å². The number of aliphatic imine (C=N–C) groups is 1. The molecule has 0 saturated carbocycles. The maximum atomic E-state index is 9.51. The van der Waals surface area contributed by atoms with Crippen LogP contribution in [0.15, 0.2) is 89.2 Å². The molecule has 0 amide bonds. The number of phenolic OH excluding ortho intramolecular Hbond substituents is 1. The number of hydrogen-bond acceptors (Lipinski definition) is 4. The number of allylic oxidation sites excluding steroid dienone is 2. The van der Waals surface area contributed by atoms with Crippen molar-refractivity contribution in [1.29, 1.82) is 0 Å². The van der Waals surface area contributed by atoms with E-state index in [-0.39, 0.29) is 5.75 Å². The molecule has 0 unspecified atom stereocenters. The molecule has 3 aromatic rings. The van der Waals surface area contributed by atoms with Crippen molar-refractivity contribution in [2.75, 3.05) is 6.54 Å².